The van der Waals surface area contributed by atoms with Crippen LogP contribution in [0.25, 0.3) is 10.4 Å². The largest absolute Gasteiger partial charge is 0.375 e. The van der Waals surface area contributed by atoms with Gasteiger partial charge < -0.3 is 9.64 Å². The second-order valence-corrected chi connectivity index (χ2v) is 9.31. The molecule has 1 aliphatic heterocycles. The van der Waals surface area contributed by atoms with E-state index in [2.05, 4.69) is 4.98 Å². The van der Waals surface area contributed by atoms with Crippen molar-refractivity contribution in [2.75, 3.05) is 13.2 Å². The van der Waals surface area contributed by atoms with E-state index in [1.54, 1.807) is 23.5 Å². The van der Waals surface area contributed by atoms with E-state index in [0.29, 0.717) is 30.7 Å². The smallest absolute Gasteiger partial charge is 0.274 e. The van der Waals surface area contributed by atoms with Crippen molar-refractivity contribution < 1.29 is 13.9 Å². The molecule has 2 fully saturated rings. The van der Waals surface area contributed by atoms with Crippen molar-refractivity contribution in [1.29, 1.82) is 0 Å². The molecule has 4 nitrogen and oxygen atoms in total. The average Bonchev–Trinajstić information content (AvgIpc) is 3.28. The molecule has 2 aliphatic rings. The van der Waals surface area contributed by atoms with Crippen LogP contribution in [0.2, 0.25) is 0 Å². The van der Waals surface area contributed by atoms with Gasteiger partial charge in [-0.3, -0.25) is 4.79 Å². The van der Waals surface area contributed by atoms with Gasteiger partial charge in [-0.1, -0.05) is 42.5 Å². The van der Waals surface area contributed by atoms with Gasteiger partial charge in [0.15, 0.2) is 0 Å². The fourth-order valence-electron chi connectivity index (χ4n) is 4.39. The first-order chi connectivity index (χ1) is 14.6. The molecule has 1 saturated heterocycles. The number of amides is 1. The van der Waals surface area contributed by atoms with E-state index < -0.39 is 0 Å². The van der Waals surface area contributed by atoms with Crippen LogP contribution in [0, 0.1) is 24.6 Å². The molecule has 2 aromatic carbocycles. The Hall–Kier alpha value is -2.57. The first-order valence-electron chi connectivity index (χ1n) is 10.3. The summed E-state index contributed by atoms with van der Waals surface area (Å²) in [6.07, 6.45) is 1.16. The molecule has 6 heteroatoms. The third kappa shape index (κ3) is 3.77. The monoisotopic (exact) mass is 422 g/mol. The van der Waals surface area contributed by atoms with Crippen LogP contribution in [0.3, 0.4) is 0 Å². The minimum Gasteiger partial charge on any atom is -0.375 e. The Balaban J connectivity index is 1.31. The van der Waals surface area contributed by atoms with Crippen LogP contribution in [-0.4, -0.2) is 35.0 Å². The fraction of sp³-hybridized carbons (Fsp3) is 0.333. The zero-order valence-electron chi connectivity index (χ0n) is 16.8. The van der Waals surface area contributed by atoms with Gasteiger partial charge in [-0.05, 0) is 48.4 Å². The van der Waals surface area contributed by atoms with E-state index in [1.807, 2.05) is 42.2 Å². The third-order valence-electron chi connectivity index (χ3n) is 6.01. The van der Waals surface area contributed by atoms with E-state index in [-0.39, 0.29) is 17.8 Å². The number of thiazole rings is 1. The van der Waals surface area contributed by atoms with Gasteiger partial charge >= 0.3 is 0 Å². The van der Waals surface area contributed by atoms with E-state index in [0.717, 1.165) is 34.0 Å². The molecule has 0 N–H and O–H groups in total. The minimum atomic E-state index is -0.250. The molecule has 3 atom stereocenters. The van der Waals surface area contributed by atoms with Crippen LogP contribution in [0.15, 0.2) is 54.6 Å². The number of aryl methyl sites for hydroxylation is 1. The van der Waals surface area contributed by atoms with Crippen molar-refractivity contribution in [3.63, 3.8) is 0 Å². The van der Waals surface area contributed by atoms with Crippen molar-refractivity contribution >= 4 is 17.2 Å². The highest BCUT2D eigenvalue weighted by atomic mass is 32.1. The lowest BCUT2D eigenvalue weighted by molar-refractivity contribution is 0.0425. The molecule has 154 valence electrons. The van der Waals surface area contributed by atoms with Crippen LogP contribution in [0.1, 0.15) is 27.5 Å². The van der Waals surface area contributed by atoms with E-state index in [1.165, 1.54) is 12.1 Å². The second-order valence-electron chi connectivity index (χ2n) is 8.10. The number of carbonyl (C=O) groups excluding carboxylic acids is 1. The van der Waals surface area contributed by atoms with Crippen molar-refractivity contribution in [3.05, 3.63) is 76.7 Å². The maximum Gasteiger partial charge on any atom is 0.274 e. The molecule has 0 radical (unpaired) electrons. The van der Waals surface area contributed by atoms with Gasteiger partial charge in [-0.2, -0.15) is 0 Å². The molecule has 1 amide bonds. The predicted molar refractivity (Wildman–Crippen MR) is 115 cm³/mol. The van der Waals surface area contributed by atoms with E-state index in [9.17, 15) is 9.18 Å². The zero-order valence-corrected chi connectivity index (χ0v) is 17.6. The van der Waals surface area contributed by atoms with Crippen LogP contribution in [0.5, 0.6) is 0 Å². The predicted octanol–water partition coefficient (Wildman–Crippen LogP) is 4.93. The number of halogens is 1. The van der Waals surface area contributed by atoms with E-state index in [4.69, 9.17) is 4.74 Å². The maximum atomic E-state index is 13.5. The Kier molecular flexibility index (Phi) is 5.13. The molecule has 0 spiro atoms. The summed E-state index contributed by atoms with van der Waals surface area (Å²) in [4.78, 5) is 21.0. The zero-order chi connectivity index (χ0) is 20.7. The standard InChI is InChI=1S/C24H23FN2O2S/c1-15-26-22(23(30-15)17-5-3-2-4-6-17)24(28)27-12-18-11-20(18)21(27)14-29-13-16-7-9-19(25)10-8-16/h2-10,18,20-21H,11-14H2,1H3/t18-,20-,21-/m1/s1. The summed E-state index contributed by atoms with van der Waals surface area (Å²) in [5, 5.41) is 0.894. The summed E-state index contributed by atoms with van der Waals surface area (Å²) < 4.78 is 19.0. The quantitative estimate of drug-likeness (QED) is 0.565. The normalized spacial score (nSPS) is 22.2. The molecule has 1 aromatic heterocycles. The number of ether oxygens (including phenoxy) is 1. The van der Waals surface area contributed by atoms with Crippen molar-refractivity contribution in [3.8, 4) is 10.4 Å². The second kappa shape index (κ2) is 7.93. The van der Waals surface area contributed by atoms with Gasteiger partial charge in [0.2, 0.25) is 0 Å². The number of rotatable bonds is 6. The highest BCUT2D eigenvalue weighted by Crippen LogP contribution is 2.50. The summed E-state index contributed by atoms with van der Waals surface area (Å²) in [6, 6.07) is 16.4. The molecule has 2 heterocycles. The number of carbonyl (C=O) groups is 1. The Morgan fingerprint density at radius 1 is 1.20 bits per heavy atom. The highest BCUT2D eigenvalue weighted by Gasteiger charge is 2.54. The summed E-state index contributed by atoms with van der Waals surface area (Å²) in [7, 11) is 0. The number of benzene rings is 2. The number of aromatic nitrogens is 1. The Morgan fingerprint density at radius 2 is 1.97 bits per heavy atom. The SMILES string of the molecule is Cc1nc(C(=O)N2C[C@H]3C[C@H]3[C@H]2COCc2ccc(F)cc2)c(-c2ccccc2)s1. The molecule has 0 unspecified atom stereocenters. The minimum absolute atomic E-state index is 0.000727. The molecular weight excluding hydrogens is 399 g/mol. The van der Waals surface area contributed by atoms with Gasteiger partial charge in [0, 0.05) is 6.54 Å². The molecule has 30 heavy (non-hydrogen) atoms. The molecule has 5 rings (SSSR count). The number of fused-ring (bicyclic) bond motifs is 1. The van der Waals surface area contributed by atoms with Gasteiger partial charge in [-0.25, -0.2) is 9.37 Å². The summed E-state index contributed by atoms with van der Waals surface area (Å²) in [5.74, 6) is 0.844. The Labute approximate surface area is 179 Å². The lowest BCUT2D eigenvalue weighted by Gasteiger charge is -2.27. The Bertz CT molecular complexity index is 1050. The molecular formula is C24H23FN2O2S. The summed E-state index contributed by atoms with van der Waals surface area (Å²) in [6.45, 7) is 3.63. The van der Waals surface area contributed by atoms with Gasteiger partial charge in [-0.15, -0.1) is 11.3 Å². The van der Waals surface area contributed by atoms with Gasteiger partial charge in [0.25, 0.3) is 5.91 Å². The fourth-order valence-corrected chi connectivity index (χ4v) is 5.31. The van der Waals surface area contributed by atoms with Crippen molar-refractivity contribution in [1.82, 2.24) is 9.88 Å². The summed E-state index contributed by atoms with van der Waals surface area (Å²) >= 11 is 1.56. The number of likely N-dealkylation sites (tertiary alicyclic amines) is 1. The number of piperidine rings is 1. The van der Waals surface area contributed by atoms with E-state index >= 15 is 0 Å². The summed E-state index contributed by atoms with van der Waals surface area (Å²) in [5.41, 5.74) is 2.51. The van der Waals surface area contributed by atoms with Crippen LogP contribution < -0.4 is 0 Å². The lowest BCUT2D eigenvalue weighted by atomic mass is 10.1. The van der Waals surface area contributed by atoms with Gasteiger partial charge in [0.05, 0.1) is 29.1 Å². The Morgan fingerprint density at radius 3 is 2.73 bits per heavy atom. The number of hydrogen-bond acceptors (Lipinski definition) is 4. The van der Waals surface area contributed by atoms with Gasteiger partial charge in [0.1, 0.15) is 11.5 Å². The molecule has 3 aromatic rings. The van der Waals surface area contributed by atoms with Crippen molar-refractivity contribution in [2.24, 2.45) is 11.8 Å². The average molecular weight is 423 g/mol. The van der Waals surface area contributed by atoms with Crippen LogP contribution >= 0.6 is 11.3 Å². The third-order valence-corrected chi connectivity index (χ3v) is 7.03. The highest BCUT2D eigenvalue weighted by molar-refractivity contribution is 7.15. The molecule has 1 saturated carbocycles. The molecule has 0 bridgehead atoms. The molecule has 1 aliphatic carbocycles. The first-order valence-corrected chi connectivity index (χ1v) is 11.1. The maximum absolute atomic E-state index is 13.5. The number of nitrogens with zero attached hydrogens (tertiary/aromatic N) is 2. The topological polar surface area (TPSA) is 42.4 Å². The first kappa shape index (κ1) is 19.4. The van der Waals surface area contributed by atoms with Crippen molar-refractivity contribution in [2.45, 2.75) is 26.0 Å². The number of hydrogen-bond donors (Lipinski definition) is 0. The lowest BCUT2D eigenvalue weighted by Crippen LogP contribution is -2.41. The van der Waals surface area contributed by atoms with Crippen LogP contribution in [-0.2, 0) is 11.3 Å². The van der Waals surface area contributed by atoms with Crippen LogP contribution in [0.4, 0.5) is 4.39 Å².